The van der Waals surface area contributed by atoms with Crippen molar-refractivity contribution >= 4 is 5.97 Å². The zero-order chi connectivity index (χ0) is 12.7. The van der Waals surface area contributed by atoms with Crippen LogP contribution >= 0.6 is 0 Å². The Balaban J connectivity index is 1.80. The van der Waals surface area contributed by atoms with Crippen molar-refractivity contribution < 1.29 is 29.2 Å². The fourth-order valence-corrected chi connectivity index (χ4v) is 2.15. The molecule has 18 heavy (non-hydrogen) atoms. The highest BCUT2D eigenvalue weighted by Gasteiger charge is 2.56. The molecule has 1 aromatic carbocycles. The van der Waals surface area contributed by atoms with Gasteiger partial charge in [0.25, 0.3) is 0 Å². The van der Waals surface area contributed by atoms with Gasteiger partial charge in [-0.25, -0.2) is 4.79 Å². The Labute approximate surface area is 103 Å². The summed E-state index contributed by atoms with van der Waals surface area (Å²) in [5, 5.41) is 20.0. The molecule has 3 rings (SSSR count). The summed E-state index contributed by atoms with van der Waals surface area (Å²) < 4.78 is 15.6. The summed E-state index contributed by atoms with van der Waals surface area (Å²) in [5.74, 6) is -0.668. The van der Waals surface area contributed by atoms with Gasteiger partial charge in [0.2, 0.25) is 6.29 Å². The number of hydrogen-bond acceptors (Lipinski definition) is 5. The van der Waals surface area contributed by atoms with Gasteiger partial charge < -0.3 is 19.3 Å². The molecule has 2 saturated heterocycles. The lowest BCUT2D eigenvalue weighted by Crippen LogP contribution is -2.36. The first-order valence-electron chi connectivity index (χ1n) is 5.57. The quantitative estimate of drug-likeness (QED) is 0.597. The Morgan fingerprint density at radius 3 is 2.56 bits per heavy atom. The average Bonchev–Trinajstić information content (AvgIpc) is 2.91. The third kappa shape index (κ3) is 1.79. The van der Waals surface area contributed by atoms with Crippen molar-refractivity contribution in [2.75, 3.05) is 0 Å². The fourth-order valence-electron chi connectivity index (χ4n) is 2.15. The lowest BCUT2D eigenvalue weighted by molar-refractivity contribution is -0.205. The number of fused-ring (bicyclic) bond motifs is 1. The topological polar surface area (TPSA) is 84.9 Å². The molecule has 95 valence electrons. The first kappa shape index (κ1) is 11.6. The summed E-state index contributed by atoms with van der Waals surface area (Å²) >= 11 is 0. The van der Waals surface area contributed by atoms with Crippen molar-refractivity contribution in [3.63, 3.8) is 0 Å². The summed E-state index contributed by atoms with van der Waals surface area (Å²) in [6.07, 6.45) is -5.74. The first-order valence-corrected chi connectivity index (χ1v) is 5.57. The fraction of sp³-hybridized carbons (Fsp3) is 0.417. The van der Waals surface area contributed by atoms with Crippen LogP contribution in [-0.2, 0) is 24.1 Å². The molecule has 6 heteroatoms. The zero-order valence-corrected chi connectivity index (χ0v) is 9.26. The predicted octanol–water partition coefficient (Wildman–Crippen LogP) is 0.143. The number of aliphatic hydroxyl groups excluding tert-OH is 1. The lowest BCUT2D eigenvalue weighted by atomic mass is 10.1. The minimum absolute atomic E-state index is 0.668. The Hall–Kier alpha value is -1.47. The third-order valence-corrected chi connectivity index (χ3v) is 3.01. The van der Waals surface area contributed by atoms with Crippen LogP contribution in [0.1, 0.15) is 11.9 Å². The number of carbonyl (C=O) groups excluding carboxylic acids is 1. The molecule has 2 unspecified atom stereocenters. The van der Waals surface area contributed by atoms with Crippen LogP contribution in [0.3, 0.4) is 0 Å². The van der Waals surface area contributed by atoms with E-state index in [1.54, 1.807) is 12.1 Å². The van der Waals surface area contributed by atoms with Gasteiger partial charge in [0.1, 0.15) is 6.10 Å². The largest absolute Gasteiger partial charge is 0.452 e. The molecule has 5 atom stereocenters. The molecule has 0 aliphatic carbocycles. The predicted molar refractivity (Wildman–Crippen MR) is 55.5 cm³/mol. The molecule has 0 saturated carbocycles. The first-order chi connectivity index (χ1) is 8.66. The van der Waals surface area contributed by atoms with Crippen LogP contribution in [0.5, 0.6) is 0 Å². The molecule has 1 aromatic rings. The van der Waals surface area contributed by atoms with E-state index < -0.39 is 36.9 Å². The van der Waals surface area contributed by atoms with Crippen LogP contribution in [0.4, 0.5) is 0 Å². The summed E-state index contributed by atoms with van der Waals surface area (Å²) in [7, 11) is 0. The molecule has 0 bridgehead atoms. The lowest BCUT2D eigenvalue weighted by Gasteiger charge is -2.17. The van der Waals surface area contributed by atoms with Crippen LogP contribution in [0, 0.1) is 0 Å². The average molecular weight is 251 g/mol. The van der Waals surface area contributed by atoms with Gasteiger partial charge in [-0.1, -0.05) is 30.3 Å². The number of cyclic esters (lactones) is 1. The van der Waals surface area contributed by atoms with Gasteiger partial charge in [0, 0.05) is 5.56 Å². The monoisotopic (exact) mass is 251 g/mol. The van der Waals surface area contributed by atoms with E-state index in [0.29, 0.717) is 0 Å². The van der Waals surface area contributed by atoms with E-state index in [2.05, 4.69) is 0 Å². The van der Waals surface area contributed by atoms with Gasteiger partial charge in [-0.2, -0.15) is 5.11 Å². The van der Waals surface area contributed by atoms with Crippen LogP contribution < -0.4 is 0 Å². The van der Waals surface area contributed by atoms with Gasteiger partial charge in [-0.15, -0.1) is 0 Å². The van der Waals surface area contributed by atoms with Gasteiger partial charge in [0.15, 0.2) is 18.5 Å². The van der Waals surface area contributed by atoms with Crippen LogP contribution in [0.15, 0.2) is 30.3 Å². The Morgan fingerprint density at radius 2 is 1.89 bits per heavy atom. The number of ether oxygens (including phenoxy) is 3. The van der Waals surface area contributed by atoms with E-state index in [1.807, 2.05) is 18.2 Å². The van der Waals surface area contributed by atoms with Crippen LogP contribution in [0.25, 0.3) is 0 Å². The minimum Gasteiger partial charge on any atom is -0.452 e. The molecule has 2 aliphatic rings. The number of carbonyl (C=O) groups is 1. The van der Waals surface area contributed by atoms with Crippen molar-refractivity contribution in [3.05, 3.63) is 35.9 Å². The van der Waals surface area contributed by atoms with Gasteiger partial charge in [0.05, 0.1) is 0 Å². The summed E-state index contributed by atoms with van der Waals surface area (Å²) in [4.78, 5) is 11.5. The Kier molecular flexibility index (Phi) is 2.79. The second kappa shape index (κ2) is 4.33. The molecule has 1 N–H and O–H groups in total. The van der Waals surface area contributed by atoms with Gasteiger partial charge >= 0.3 is 5.97 Å². The van der Waals surface area contributed by atoms with E-state index in [0.717, 1.165) is 5.56 Å². The second-order valence-corrected chi connectivity index (χ2v) is 4.19. The number of hydrogen-bond donors (Lipinski definition) is 1. The van der Waals surface area contributed by atoms with Crippen LogP contribution in [0.2, 0.25) is 0 Å². The Bertz CT molecular complexity index is 445. The maximum absolute atomic E-state index is 11.5. The molecule has 6 nitrogen and oxygen atoms in total. The molecule has 1 radical (unpaired) electrons. The van der Waals surface area contributed by atoms with Crippen molar-refractivity contribution in [1.29, 1.82) is 0 Å². The standard InChI is InChI=1S/C12H11O6/c13-10(14)8-7-9(11(15)16-8)18-12(17-7)6-4-2-1-3-5-6/h1-5,7-10,12-13H/t7-,8+,9-,10?,12?/m1/s1. The molecule has 0 spiro atoms. The molecular weight excluding hydrogens is 240 g/mol. The molecule has 0 amide bonds. The van der Waals surface area contributed by atoms with E-state index in [9.17, 15) is 9.90 Å². The number of esters is 1. The van der Waals surface area contributed by atoms with E-state index >= 15 is 0 Å². The van der Waals surface area contributed by atoms with E-state index in [1.165, 1.54) is 0 Å². The maximum Gasteiger partial charge on any atom is 0.338 e. The molecule has 2 aliphatic heterocycles. The SMILES string of the molecule is [O]C(O)[C@H]1OC(=O)[C@@H]2OC(c3ccccc3)O[C@H]12. The highest BCUT2D eigenvalue weighted by Crippen LogP contribution is 2.38. The minimum atomic E-state index is -2.03. The van der Waals surface area contributed by atoms with E-state index in [-0.39, 0.29) is 0 Å². The van der Waals surface area contributed by atoms with Crippen molar-refractivity contribution in [2.24, 2.45) is 0 Å². The Morgan fingerprint density at radius 1 is 1.17 bits per heavy atom. The highest BCUT2D eigenvalue weighted by atomic mass is 16.8. The summed E-state index contributed by atoms with van der Waals surface area (Å²) in [6, 6.07) is 9.06. The summed E-state index contributed by atoms with van der Waals surface area (Å²) in [5.41, 5.74) is 0.749. The highest BCUT2D eigenvalue weighted by molar-refractivity contribution is 5.78. The van der Waals surface area contributed by atoms with E-state index in [4.69, 9.17) is 19.3 Å². The maximum atomic E-state index is 11.5. The smallest absolute Gasteiger partial charge is 0.338 e. The molecular formula is C12H11O6. The van der Waals surface area contributed by atoms with Crippen molar-refractivity contribution in [3.8, 4) is 0 Å². The van der Waals surface area contributed by atoms with Gasteiger partial charge in [-0.05, 0) is 0 Å². The van der Waals surface area contributed by atoms with Crippen molar-refractivity contribution in [2.45, 2.75) is 30.9 Å². The number of aliphatic hydroxyl groups is 1. The summed E-state index contributed by atoms with van der Waals surface area (Å²) in [6.45, 7) is 0. The van der Waals surface area contributed by atoms with Crippen molar-refractivity contribution in [1.82, 2.24) is 0 Å². The normalized spacial score (nSPS) is 34.7. The number of rotatable bonds is 2. The zero-order valence-electron chi connectivity index (χ0n) is 9.26. The van der Waals surface area contributed by atoms with Gasteiger partial charge in [-0.3, -0.25) is 0 Å². The molecule has 2 fully saturated rings. The third-order valence-electron chi connectivity index (χ3n) is 3.01. The second-order valence-electron chi connectivity index (χ2n) is 4.19. The molecule has 0 aromatic heterocycles. The molecule has 2 heterocycles. The van der Waals surface area contributed by atoms with Crippen LogP contribution in [-0.4, -0.2) is 35.7 Å². The number of benzene rings is 1.